The van der Waals surface area contributed by atoms with Gasteiger partial charge in [0.15, 0.2) is 0 Å². The van der Waals surface area contributed by atoms with Crippen molar-refractivity contribution in [1.29, 1.82) is 0 Å². The van der Waals surface area contributed by atoms with Crippen LogP contribution < -0.4 is 9.46 Å². The Morgan fingerprint density at radius 2 is 1.52 bits per heavy atom. The molecule has 0 aliphatic rings. The van der Waals surface area contributed by atoms with Crippen molar-refractivity contribution in [3.8, 4) is 16.9 Å². The largest absolute Gasteiger partial charge is 0.497 e. The second kappa shape index (κ2) is 9.76. The van der Waals surface area contributed by atoms with E-state index in [1.807, 2.05) is 48.5 Å². The Balaban J connectivity index is 1.63. The lowest BCUT2D eigenvalue weighted by atomic mass is 10.0. The molecule has 3 aromatic carbocycles. The van der Waals surface area contributed by atoms with Gasteiger partial charge in [-0.2, -0.15) is 0 Å². The smallest absolute Gasteiger partial charge is 0.338 e. The van der Waals surface area contributed by atoms with Crippen LogP contribution in [0.1, 0.15) is 21.5 Å². The van der Waals surface area contributed by atoms with E-state index in [1.54, 1.807) is 20.1 Å². The van der Waals surface area contributed by atoms with E-state index in [0.717, 1.165) is 22.4 Å². The molecule has 6 nitrogen and oxygen atoms in total. The maximum absolute atomic E-state index is 12.6. The van der Waals surface area contributed by atoms with Gasteiger partial charge in [-0.3, -0.25) is 0 Å². The lowest BCUT2D eigenvalue weighted by molar-refractivity contribution is 0.0599. The predicted octanol–water partition coefficient (Wildman–Crippen LogP) is 3.98. The maximum Gasteiger partial charge on any atom is 0.338 e. The fraction of sp³-hybridized carbons (Fsp3) is 0.208. The molecule has 0 saturated carbocycles. The molecule has 0 spiro atoms. The van der Waals surface area contributed by atoms with Gasteiger partial charge in [0, 0.05) is 6.54 Å². The number of carbonyl (C=O) groups is 1. The molecule has 0 aliphatic heterocycles. The summed E-state index contributed by atoms with van der Waals surface area (Å²) in [6.45, 7) is 1.97. The number of rotatable bonds is 8. The normalized spacial score (nSPS) is 11.2. The lowest BCUT2D eigenvalue weighted by Crippen LogP contribution is -2.26. The van der Waals surface area contributed by atoms with Gasteiger partial charge < -0.3 is 9.47 Å². The van der Waals surface area contributed by atoms with Crippen LogP contribution in [0.15, 0.2) is 71.6 Å². The molecule has 31 heavy (non-hydrogen) atoms. The minimum Gasteiger partial charge on any atom is -0.497 e. The lowest BCUT2D eigenvalue weighted by Gasteiger charge is -2.10. The molecule has 0 aromatic heterocycles. The quantitative estimate of drug-likeness (QED) is 0.537. The molecule has 0 amide bonds. The number of esters is 1. The summed E-state index contributed by atoms with van der Waals surface area (Å²) < 4.78 is 37.7. The molecule has 0 heterocycles. The monoisotopic (exact) mass is 439 g/mol. The molecule has 0 aliphatic carbocycles. The highest BCUT2D eigenvalue weighted by atomic mass is 32.2. The van der Waals surface area contributed by atoms with Gasteiger partial charge in [-0.25, -0.2) is 17.9 Å². The van der Waals surface area contributed by atoms with Crippen LogP contribution in [-0.2, 0) is 21.2 Å². The first kappa shape index (κ1) is 22.5. The third-order valence-corrected chi connectivity index (χ3v) is 6.47. The Morgan fingerprint density at radius 3 is 2.10 bits per heavy atom. The molecule has 0 fully saturated rings. The van der Waals surface area contributed by atoms with E-state index < -0.39 is 16.0 Å². The Kier molecular flexibility index (Phi) is 7.09. The number of benzene rings is 3. The first-order chi connectivity index (χ1) is 14.8. The van der Waals surface area contributed by atoms with Crippen molar-refractivity contribution in [2.24, 2.45) is 0 Å². The number of ether oxygens (including phenoxy) is 2. The van der Waals surface area contributed by atoms with E-state index in [1.165, 1.54) is 19.2 Å². The predicted molar refractivity (Wildman–Crippen MR) is 120 cm³/mol. The zero-order valence-electron chi connectivity index (χ0n) is 17.7. The number of nitrogens with one attached hydrogen (secondary N) is 1. The summed E-state index contributed by atoms with van der Waals surface area (Å²) in [7, 11) is -0.840. The van der Waals surface area contributed by atoms with Crippen molar-refractivity contribution in [3.63, 3.8) is 0 Å². The number of hydrogen-bond acceptors (Lipinski definition) is 5. The van der Waals surface area contributed by atoms with Crippen LogP contribution in [0, 0.1) is 6.92 Å². The summed E-state index contributed by atoms with van der Waals surface area (Å²) in [5.74, 6) is 0.242. The van der Waals surface area contributed by atoms with Crippen LogP contribution >= 0.6 is 0 Å². The van der Waals surface area contributed by atoms with Crippen molar-refractivity contribution in [2.45, 2.75) is 18.2 Å². The molecule has 3 rings (SSSR count). The van der Waals surface area contributed by atoms with Gasteiger partial charge in [-0.1, -0.05) is 42.5 Å². The van der Waals surface area contributed by atoms with Crippen LogP contribution in [0.5, 0.6) is 5.75 Å². The van der Waals surface area contributed by atoms with E-state index in [-0.39, 0.29) is 17.0 Å². The van der Waals surface area contributed by atoms with Crippen LogP contribution in [0.4, 0.5) is 0 Å². The van der Waals surface area contributed by atoms with E-state index in [2.05, 4.69) is 4.72 Å². The topological polar surface area (TPSA) is 81.7 Å². The molecule has 0 radical (unpaired) electrons. The third-order valence-electron chi connectivity index (χ3n) is 5.01. The summed E-state index contributed by atoms with van der Waals surface area (Å²) in [5.41, 5.74) is 4.05. The molecule has 0 bridgehead atoms. The first-order valence-electron chi connectivity index (χ1n) is 9.76. The highest BCUT2D eigenvalue weighted by Crippen LogP contribution is 2.23. The molecular formula is C24H25NO5S. The minimum absolute atomic E-state index is 0.0355. The Bertz CT molecular complexity index is 1150. The Hall–Kier alpha value is -3.16. The van der Waals surface area contributed by atoms with Gasteiger partial charge in [-0.15, -0.1) is 0 Å². The second-order valence-electron chi connectivity index (χ2n) is 7.04. The van der Waals surface area contributed by atoms with E-state index >= 15 is 0 Å². The Labute approximate surface area is 182 Å². The van der Waals surface area contributed by atoms with Gasteiger partial charge in [-0.05, 0) is 59.9 Å². The zero-order chi connectivity index (χ0) is 22.4. The first-order valence-corrected chi connectivity index (χ1v) is 11.2. The van der Waals surface area contributed by atoms with Crippen molar-refractivity contribution in [1.82, 2.24) is 4.72 Å². The highest BCUT2D eigenvalue weighted by molar-refractivity contribution is 7.89. The number of carbonyl (C=O) groups excluding carboxylic acids is 1. The fourth-order valence-corrected chi connectivity index (χ4v) is 4.22. The average molecular weight is 440 g/mol. The van der Waals surface area contributed by atoms with E-state index in [0.29, 0.717) is 12.0 Å². The summed E-state index contributed by atoms with van der Waals surface area (Å²) in [4.78, 5) is 11.9. The van der Waals surface area contributed by atoms with Crippen molar-refractivity contribution in [3.05, 3.63) is 83.4 Å². The molecule has 0 saturated heterocycles. The summed E-state index contributed by atoms with van der Waals surface area (Å²) >= 11 is 0. The number of aryl methyl sites for hydroxylation is 1. The van der Waals surface area contributed by atoms with Gasteiger partial charge in [0.25, 0.3) is 0 Å². The van der Waals surface area contributed by atoms with Crippen molar-refractivity contribution < 1.29 is 22.7 Å². The SMILES string of the molecule is COC(=O)c1cc(S(=O)(=O)NCCc2ccc(-c3ccc(OC)cc3)cc2)ccc1C. The summed E-state index contributed by atoms with van der Waals surface area (Å²) in [6, 6.07) is 20.2. The van der Waals surface area contributed by atoms with E-state index in [4.69, 9.17) is 9.47 Å². The molecule has 3 aromatic rings. The van der Waals surface area contributed by atoms with Crippen LogP contribution in [0.3, 0.4) is 0 Å². The van der Waals surface area contributed by atoms with Crippen LogP contribution in [0.2, 0.25) is 0 Å². The second-order valence-corrected chi connectivity index (χ2v) is 8.81. The number of methoxy groups -OCH3 is 2. The standard InChI is InChI=1S/C24H25NO5S/c1-17-4-13-22(16-23(17)24(26)30-3)31(27,28)25-15-14-18-5-7-19(8-6-18)20-9-11-21(29-2)12-10-20/h4-13,16,25H,14-15H2,1-3H3. The van der Waals surface area contributed by atoms with Gasteiger partial charge in [0.05, 0.1) is 24.7 Å². The van der Waals surface area contributed by atoms with Gasteiger partial charge >= 0.3 is 5.97 Å². The molecule has 7 heteroatoms. The van der Waals surface area contributed by atoms with E-state index in [9.17, 15) is 13.2 Å². The highest BCUT2D eigenvalue weighted by Gasteiger charge is 2.18. The van der Waals surface area contributed by atoms with Crippen LogP contribution in [0.25, 0.3) is 11.1 Å². The molecule has 0 atom stereocenters. The molecule has 1 N–H and O–H groups in total. The Morgan fingerprint density at radius 1 is 0.903 bits per heavy atom. The molecular weight excluding hydrogens is 414 g/mol. The third kappa shape index (κ3) is 5.51. The summed E-state index contributed by atoms with van der Waals surface area (Å²) in [6.07, 6.45) is 0.540. The molecule has 162 valence electrons. The molecule has 0 unspecified atom stereocenters. The number of hydrogen-bond donors (Lipinski definition) is 1. The van der Waals surface area contributed by atoms with Crippen molar-refractivity contribution >= 4 is 16.0 Å². The number of sulfonamides is 1. The van der Waals surface area contributed by atoms with Gasteiger partial charge in [0.2, 0.25) is 10.0 Å². The average Bonchev–Trinajstić information content (AvgIpc) is 2.79. The van der Waals surface area contributed by atoms with Gasteiger partial charge in [0.1, 0.15) is 5.75 Å². The fourth-order valence-electron chi connectivity index (χ4n) is 3.16. The van der Waals surface area contributed by atoms with Crippen LogP contribution in [-0.4, -0.2) is 35.2 Å². The van der Waals surface area contributed by atoms with Crippen molar-refractivity contribution in [2.75, 3.05) is 20.8 Å². The minimum atomic E-state index is -3.74. The zero-order valence-corrected chi connectivity index (χ0v) is 18.5. The maximum atomic E-state index is 12.6. The summed E-state index contributed by atoms with van der Waals surface area (Å²) in [5, 5.41) is 0.